The first-order chi connectivity index (χ1) is 8.26. The molecule has 1 aliphatic heterocycles. The van der Waals surface area contributed by atoms with Crippen LogP contribution in [0, 0.1) is 5.92 Å². The van der Waals surface area contributed by atoms with Gasteiger partial charge in [-0.1, -0.05) is 20.3 Å². The molecule has 0 saturated carbocycles. The van der Waals surface area contributed by atoms with Gasteiger partial charge >= 0.3 is 0 Å². The van der Waals surface area contributed by atoms with E-state index in [4.69, 9.17) is 5.73 Å². The molecule has 4 heteroatoms. The lowest BCUT2D eigenvalue weighted by Crippen LogP contribution is -2.36. The number of anilines is 2. The van der Waals surface area contributed by atoms with E-state index in [1.165, 1.54) is 19.3 Å². The second kappa shape index (κ2) is 5.34. The molecule has 2 rings (SSSR count). The monoisotopic (exact) mass is 234 g/mol. The number of piperidine rings is 1. The molecule has 1 aromatic rings. The number of hydrogen-bond acceptors (Lipinski definition) is 4. The van der Waals surface area contributed by atoms with E-state index in [9.17, 15) is 0 Å². The lowest BCUT2D eigenvalue weighted by atomic mass is 9.95. The maximum atomic E-state index is 5.93. The lowest BCUT2D eigenvalue weighted by Gasteiger charge is -2.34. The Morgan fingerprint density at radius 3 is 2.94 bits per heavy atom. The molecule has 0 amide bonds. The quantitative estimate of drug-likeness (QED) is 0.871. The van der Waals surface area contributed by atoms with Gasteiger partial charge in [-0.15, -0.1) is 0 Å². The summed E-state index contributed by atoms with van der Waals surface area (Å²) in [7, 11) is 0. The highest BCUT2D eigenvalue weighted by atomic mass is 15.2. The molecular weight excluding hydrogens is 212 g/mol. The second-order valence-electron chi connectivity index (χ2n) is 4.78. The molecule has 1 unspecified atom stereocenters. The van der Waals surface area contributed by atoms with E-state index < -0.39 is 0 Å². The zero-order chi connectivity index (χ0) is 12.3. The smallest absolute Gasteiger partial charge is 0.137 e. The molecular formula is C13H22N4. The minimum Gasteiger partial charge on any atom is -0.383 e. The number of nitrogens with zero attached hydrogens (tertiary/aromatic N) is 3. The van der Waals surface area contributed by atoms with Crippen molar-refractivity contribution >= 4 is 11.6 Å². The van der Waals surface area contributed by atoms with Crippen molar-refractivity contribution in [2.45, 2.75) is 39.5 Å². The van der Waals surface area contributed by atoms with E-state index >= 15 is 0 Å². The van der Waals surface area contributed by atoms with Gasteiger partial charge in [0.1, 0.15) is 18.0 Å². The Labute approximate surface area is 103 Å². The van der Waals surface area contributed by atoms with Crippen LogP contribution < -0.4 is 10.6 Å². The van der Waals surface area contributed by atoms with Crippen LogP contribution in [-0.4, -0.2) is 23.1 Å². The molecule has 0 spiro atoms. The van der Waals surface area contributed by atoms with Crippen LogP contribution in [0.2, 0.25) is 0 Å². The Balaban J connectivity index is 2.24. The number of aromatic nitrogens is 2. The summed E-state index contributed by atoms with van der Waals surface area (Å²) in [6, 6.07) is 0. The average Bonchev–Trinajstić information content (AvgIpc) is 2.38. The topological polar surface area (TPSA) is 55.0 Å². The van der Waals surface area contributed by atoms with Gasteiger partial charge in [0.2, 0.25) is 0 Å². The summed E-state index contributed by atoms with van der Waals surface area (Å²) >= 11 is 0. The third kappa shape index (κ3) is 2.51. The largest absolute Gasteiger partial charge is 0.383 e. The lowest BCUT2D eigenvalue weighted by molar-refractivity contribution is 0.402. The molecule has 1 fully saturated rings. The van der Waals surface area contributed by atoms with Crippen LogP contribution in [0.5, 0.6) is 0 Å². The maximum Gasteiger partial charge on any atom is 0.137 e. The molecule has 2 N–H and O–H groups in total. The molecule has 1 aliphatic rings. The highest BCUT2D eigenvalue weighted by molar-refractivity contribution is 5.56. The van der Waals surface area contributed by atoms with E-state index in [1.807, 2.05) is 0 Å². The molecule has 0 aromatic carbocycles. The fraction of sp³-hybridized carbons (Fsp3) is 0.692. The highest BCUT2D eigenvalue weighted by Gasteiger charge is 2.22. The van der Waals surface area contributed by atoms with Gasteiger partial charge in [0, 0.05) is 18.7 Å². The van der Waals surface area contributed by atoms with Gasteiger partial charge in [-0.2, -0.15) is 0 Å². The van der Waals surface area contributed by atoms with E-state index in [0.29, 0.717) is 5.82 Å². The summed E-state index contributed by atoms with van der Waals surface area (Å²) in [6.45, 7) is 6.59. The summed E-state index contributed by atoms with van der Waals surface area (Å²) in [5, 5.41) is 0. The van der Waals surface area contributed by atoms with Crippen LogP contribution in [0.15, 0.2) is 6.33 Å². The Morgan fingerprint density at radius 1 is 1.41 bits per heavy atom. The fourth-order valence-electron chi connectivity index (χ4n) is 2.62. The summed E-state index contributed by atoms with van der Waals surface area (Å²) in [6.07, 6.45) is 6.33. The molecule has 17 heavy (non-hydrogen) atoms. The van der Waals surface area contributed by atoms with Gasteiger partial charge in [0.25, 0.3) is 0 Å². The standard InChI is InChI=1S/C13H22N4/c1-3-10-6-5-7-17(8-10)13-11(4-2)12(14)15-9-16-13/h9-10H,3-8H2,1-2H3,(H2,14,15,16). The summed E-state index contributed by atoms with van der Waals surface area (Å²) in [5.41, 5.74) is 7.03. The van der Waals surface area contributed by atoms with Crippen molar-refractivity contribution in [3.63, 3.8) is 0 Å². The van der Waals surface area contributed by atoms with Gasteiger partial charge in [-0.25, -0.2) is 9.97 Å². The predicted molar refractivity (Wildman–Crippen MR) is 71.1 cm³/mol. The molecule has 1 atom stereocenters. The first kappa shape index (κ1) is 12.1. The van der Waals surface area contributed by atoms with Crippen LogP contribution in [-0.2, 0) is 6.42 Å². The van der Waals surface area contributed by atoms with E-state index in [1.54, 1.807) is 6.33 Å². The Bertz CT molecular complexity index is 378. The van der Waals surface area contributed by atoms with Crippen molar-refractivity contribution in [3.05, 3.63) is 11.9 Å². The first-order valence-electron chi connectivity index (χ1n) is 6.60. The van der Waals surface area contributed by atoms with E-state index in [-0.39, 0.29) is 0 Å². The van der Waals surface area contributed by atoms with Crippen LogP contribution >= 0.6 is 0 Å². The zero-order valence-electron chi connectivity index (χ0n) is 10.8. The van der Waals surface area contributed by atoms with Crippen molar-refractivity contribution in [2.75, 3.05) is 23.7 Å². The SMILES string of the molecule is CCc1c(N)ncnc1N1CCCC(CC)C1. The number of nitrogen functional groups attached to an aromatic ring is 1. The third-order valence-electron chi connectivity index (χ3n) is 3.71. The van der Waals surface area contributed by atoms with Gasteiger partial charge in [0.05, 0.1) is 0 Å². The van der Waals surface area contributed by atoms with Crippen molar-refractivity contribution in [1.29, 1.82) is 0 Å². The van der Waals surface area contributed by atoms with Crippen molar-refractivity contribution in [1.82, 2.24) is 9.97 Å². The number of rotatable bonds is 3. The van der Waals surface area contributed by atoms with E-state index in [2.05, 4.69) is 28.7 Å². The molecule has 2 heterocycles. The van der Waals surface area contributed by atoms with Crippen LogP contribution in [0.25, 0.3) is 0 Å². The Morgan fingerprint density at radius 2 is 2.24 bits per heavy atom. The van der Waals surface area contributed by atoms with E-state index in [0.717, 1.165) is 36.8 Å². The number of hydrogen-bond donors (Lipinski definition) is 1. The molecule has 1 aromatic heterocycles. The van der Waals surface area contributed by atoms with Gasteiger partial charge in [-0.05, 0) is 25.2 Å². The molecule has 4 nitrogen and oxygen atoms in total. The first-order valence-corrected chi connectivity index (χ1v) is 6.60. The molecule has 0 aliphatic carbocycles. The molecule has 0 radical (unpaired) electrons. The minimum absolute atomic E-state index is 0.635. The summed E-state index contributed by atoms with van der Waals surface area (Å²) in [4.78, 5) is 10.9. The summed E-state index contributed by atoms with van der Waals surface area (Å²) in [5.74, 6) is 2.49. The van der Waals surface area contributed by atoms with Crippen LogP contribution in [0.1, 0.15) is 38.7 Å². The second-order valence-corrected chi connectivity index (χ2v) is 4.78. The normalized spacial score (nSPS) is 20.6. The highest BCUT2D eigenvalue weighted by Crippen LogP contribution is 2.27. The molecule has 1 saturated heterocycles. The minimum atomic E-state index is 0.635. The Kier molecular flexibility index (Phi) is 3.82. The molecule has 0 bridgehead atoms. The summed E-state index contributed by atoms with van der Waals surface area (Å²) < 4.78 is 0. The zero-order valence-corrected chi connectivity index (χ0v) is 10.8. The van der Waals surface area contributed by atoms with Crippen molar-refractivity contribution in [2.24, 2.45) is 5.92 Å². The predicted octanol–water partition coefficient (Wildman–Crippen LogP) is 2.25. The van der Waals surface area contributed by atoms with Crippen LogP contribution in [0.4, 0.5) is 11.6 Å². The average molecular weight is 234 g/mol. The fourth-order valence-corrected chi connectivity index (χ4v) is 2.62. The maximum absolute atomic E-state index is 5.93. The molecule has 94 valence electrons. The van der Waals surface area contributed by atoms with Crippen LogP contribution in [0.3, 0.4) is 0 Å². The Hall–Kier alpha value is -1.32. The van der Waals surface area contributed by atoms with Gasteiger partial charge in [-0.3, -0.25) is 0 Å². The van der Waals surface area contributed by atoms with Crippen molar-refractivity contribution in [3.8, 4) is 0 Å². The van der Waals surface area contributed by atoms with Gasteiger partial charge in [0.15, 0.2) is 0 Å². The van der Waals surface area contributed by atoms with Crippen molar-refractivity contribution < 1.29 is 0 Å². The third-order valence-corrected chi connectivity index (χ3v) is 3.71. The number of nitrogens with two attached hydrogens (primary N) is 1. The van der Waals surface area contributed by atoms with Gasteiger partial charge < -0.3 is 10.6 Å².